The molecule has 2 aromatic carbocycles. The van der Waals surface area contributed by atoms with Gasteiger partial charge in [0.05, 0.1) is 6.54 Å². The van der Waals surface area contributed by atoms with E-state index in [4.69, 9.17) is 16.6 Å². The Morgan fingerprint density at radius 2 is 1.76 bits per heavy atom. The first-order valence-electron chi connectivity index (χ1n) is 11.1. The molecule has 0 saturated carbocycles. The van der Waals surface area contributed by atoms with E-state index in [0.29, 0.717) is 28.7 Å². The summed E-state index contributed by atoms with van der Waals surface area (Å²) in [5, 5.41) is 0.684. The molecule has 0 bridgehead atoms. The third-order valence-corrected chi connectivity index (χ3v) is 6.92. The molecule has 3 heterocycles. The Morgan fingerprint density at radius 1 is 1.00 bits per heavy atom. The molecule has 0 unspecified atom stereocenters. The fourth-order valence-electron chi connectivity index (χ4n) is 4.54. The normalized spacial score (nSPS) is 13.5. The number of aryl methyl sites for hydroxylation is 5. The molecule has 0 spiro atoms. The van der Waals surface area contributed by atoms with Crippen molar-refractivity contribution in [2.45, 2.75) is 40.3 Å². The molecule has 7 nitrogen and oxygen atoms in total. The minimum Gasteiger partial charge on any atom is -0.312 e. The van der Waals surface area contributed by atoms with Crippen molar-refractivity contribution in [1.82, 2.24) is 18.7 Å². The summed E-state index contributed by atoms with van der Waals surface area (Å²) < 4.78 is 4.74. The summed E-state index contributed by atoms with van der Waals surface area (Å²) in [6.45, 7) is 7.62. The second-order valence-corrected chi connectivity index (χ2v) is 9.24. The van der Waals surface area contributed by atoms with Crippen molar-refractivity contribution in [2.24, 2.45) is 7.05 Å². The molecule has 0 fully saturated rings. The van der Waals surface area contributed by atoms with Crippen molar-refractivity contribution in [3.05, 3.63) is 84.5 Å². The van der Waals surface area contributed by atoms with Gasteiger partial charge in [0.1, 0.15) is 0 Å². The quantitative estimate of drug-likeness (QED) is 0.459. The van der Waals surface area contributed by atoms with Crippen LogP contribution >= 0.6 is 11.6 Å². The Hall–Kier alpha value is -3.32. The molecular weight excluding hydrogens is 438 g/mol. The number of benzene rings is 2. The van der Waals surface area contributed by atoms with Crippen LogP contribution in [0.5, 0.6) is 0 Å². The van der Waals surface area contributed by atoms with E-state index in [1.807, 2.05) is 61.7 Å². The Bertz CT molecular complexity index is 1530. The van der Waals surface area contributed by atoms with Gasteiger partial charge in [-0.05, 0) is 56.0 Å². The van der Waals surface area contributed by atoms with Crippen molar-refractivity contribution in [1.29, 1.82) is 0 Å². The first kappa shape index (κ1) is 21.5. The second-order valence-electron chi connectivity index (χ2n) is 8.84. The fourth-order valence-corrected chi connectivity index (χ4v) is 4.71. The number of rotatable bonds is 3. The Morgan fingerprint density at radius 3 is 2.52 bits per heavy atom. The lowest BCUT2D eigenvalue weighted by atomic mass is 10.1. The van der Waals surface area contributed by atoms with Gasteiger partial charge in [-0.3, -0.25) is 13.9 Å². The lowest BCUT2D eigenvalue weighted by Gasteiger charge is -2.29. The van der Waals surface area contributed by atoms with E-state index in [-0.39, 0.29) is 17.8 Å². The third-order valence-electron chi connectivity index (χ3n) is 6.52. The number of hydrogen-bond acceptors (Lipinski definition) is 4. The third kappa shape index (κ3) is 3.47. The van der Waals surface area contributed by atoms with Crippen LogP contribution in [-0.2, 0) is 20.1 Å². The summed E-state index contributed by atoms with van der Waals surface area (Å²) in [6.07, 6.45) is 0.850. The fraction of sp³-hybridized carbons (Fsp3) is 0.320. The summed E-state index contributed by atoms with van der Waals surface area (Å²) in [5.41, 5.74) is 5.21. The van der Waals surface area contributed by atoms with Crippen LogP contribution in [-0.4, -0.2) is 25.2 Å². The van der Waals surface area contributed by atoms with E-state index in [9.17, 15) is 9.59 Å². The SMILES string of the molecule is Cc1ccc(C)c(Cn2c(=O)c3c(nc4n3CCCN4c3ccc(C)c(Cl)c3)n(C)c2=O)c1. The molecule has 0 atom stereocenters. The van der Waals surface area contributed by atoms with E-state index >= 15 is 0 Å². The summed E-state index contributed by atoms with van der Waals surface area (Å²) in [7, 11) is 1.68. The van der Waals surface area contributed by atoms with Gasteiger partial charge >= 0.3 is 5.69 Å². The Balaban J connectivity index is 1.70. The van der Waals surface area contributed by atoms with Crippen LogP contribution in [0.25, 0.3) is 11.2 Å². The maximum absolute atomic E-state index is 13.6. The maximum atomic E-state index is 13.6. The Labute approximate surface area is 196 Å². The molecule has 8 heteroatoms. The monoisotopic (exact) mass is 463 g/mol. The zero-order valence-electron chi connectivity index (χ0n) is 19.2. The van der Waals surface area contributed by atoms with Gasteiger partial charge < -0.3 is 9.47 Å². The highest BCUT2D eigenvalue weighted by Crippen LogP contribution is 2.33. The number of nitrogens with zero attached hydrogens (tertiary/aromatic N) is 5. The zero-order valence-corrected chi connectivity index (χ0v) is 20.0. The van der Waals surface area contributed by atoms with E-state index in [0.717, 1.165) is 40.9 Å². The summed E-state index contributed by atoms with van der Waals surface area (Å²) in [6, 6.07) is 12.0. The van der Waals surface area contributed by atoms with Crippen LogP contribution in [0.4, 0.5) is 11.6 Å². The molecule has 1 aliphatic heterocycles. The highest BCUT2D eigenvalue weighted by Gasteiger charge is 2.27. The largest absolute Gasteiger partial charge is 0.332 e. The lowest BCUT2D eigenvalue weighted by molar-refractivity contribution is 0.597. The number of fused-ring (bicyclic) bond motifs is 3. The van der Waals surface area contributed by atoms with Crippen molar-refractivity contribution in [2.75, 3.05) is 11.4 Å². The highest BCUT2D eigenvalue weighted by molar-refractivity contribution is 6.31. The second kappa shape index (κ2) is 7.92. The first-order valence-corrected chi connectivity index (χ1v) is 11.4. The lowest BCUT2D eigenvalue weighted by Crippen LogP contribution is -2.40. The molecule has 0 N–H and O–H groups in total. The smallest absolute Gasteiger partial charge is 0.312 e. The van der Waals surface area contributed by atoms with E-state index in [2.05, 4.69) is 4.90 Å². The number of halogens is 1. The van der Waals surface area contributed by atoms with Crippen LogP contribution < -0.4 is 16.1 Å². The van der Waals surface area contributed by atoms with E-state index in [1.54, 1.807) is 7.05 Å². The molecular formula is C25H26ClN5O2. The molecule has 0 aliphatic carbocycles. The number of hydrogen-bond donors (Lipinski definition) is 0. The van der Waals surface area contributed by atoms with Gasteiger partial charge in [-0.2, -0.15) is 4.98 Å². The van der Waals surface area contributed by atoms with Gasteiger partial charge in [-0.15, -0.1) is 0 Å². The average molecular weight is 464 g/mol. The molecule has 2 aromatic heterocycles. The average Bonchev–Trinajstić information content (AvgIpc) is 3.19. The highest BCUT2D eigenvalue weighted by atomic mass is 35.5. The summed E-state index contributed by atoms with van der Waals surface area (Å²) >= 11 is 6.38. The maximum Gasteiger partial charge on any atom is 0.332 e. The van der Waals surface area contributed by atoms with Crippen LogP contribution in [0, 0.1) is 20.8 Å². The molecule has 0 radical (unpaired) electrons. The molecule has 0 amide bonds. The number of imidazole rings is 1. The minimum atomic E-state index is -0.367. The van der Waals surface area contributed by atoms with Crippen molar-refractivity contribution < 1.29 is 0 Å². The van der Waals surface area contributed by atoms with Crippen molar-refractivity contribution in [3.63, 3.8) is 0 Å². The van der Waals surface area contributed by atoms with Crippen LogP contribution in [0.15, 0.2) is 46.0 Å². The first-order chi connectivity index (χ1) is 15.8. The van der Waals surface area contributed by atoms with Gasteiger partial charge in [-0.25, -0.2) is 4.79 Å². The van der Waals surface area contributed by atoms with Crippen molar-refractivity contribution in [3.8, 4) is 0 Å². The Kier molecular flexibility index (Phi) is 5.16. The molecule has 4 aromatic rings. The van der Waals surface area contributed by atoms with E-state index in [1.165, 1.54) is 9.13 Å². The predicted octanol–water partition coefficient (Wildman–Crippen LogP) is 4.07. The van der Waals surface area contributed by atoms with Gasteiger partial charge in [0.15, 0.2) is 11.2 Å². The standard InChI is InChI=1S/C25H26ClN5O2/c1-15-6-7-16(2)18(12-15)14-31-23(32)21-22(28(4)25(31)33)27-24-29(10-5-11-30(21)24)19-9-8-17(3)20(26)13-19/h6-9,12-13H,5,10-11,14H2,1-4H3. The number of anilines is 2. The molecule has 33 heavy (non-hydrogen) atoms. The van der Waals surface area contributed by atoms with Crippen LogP contribution in [0.3, 0.4) is 0 Å². The van der Waals surface area contributed by atoms with E-state index < -0.39 is 0 Å². The van der Waals surface area contributed by atoms with Crippen LogP contribution in [0.1, 0.15) is 28.7 Å². The topological polar surface area (TPSA) is 65.1 Å². The summed E-state index contributed by atoms with van der Waals surface area (Å²) in [4.78, 5) is 33.6. The molecule has 170 valence electrons. The van der Waals surface area contributed by atoms with Gasteiger partial charge in [0.25, 0.3) is 5.56 Å². The molecule has 5 rings (SSSR count). The van der Waals surface area contributed by atoms with Gasteiger partial charge in [0, 0.05) is 30.8 Å². The minimum absolute atomic E-state index is 0.229. The van der Waals surface area contributed by atoms with Gasteiger partial charge in [0.2, 0.25) is 5.95 Å². The zero-order chi connectivity index (χ0) is 23.4. The summed E-state index contributed by atoms with van der Waals surface area (Å²) in [5.74, 6) is 0.660. The van der Waals surface area contributed by atoms with Crippen LogP contribution in [0.2, 0.25) is 5.02 Å². The number of aromatic nitrogens is 4. The molecule has 1 aliphatic rings. The predicted molar refractivity (Wildman–Crippen MR) is 132 cm³/mol. The van der Waals surface area contributed by atoms with Gasteiger partial charge in [-0.1, -0.05) is 41.4 Å². The molecule has 0 saturated heterocycles. The van der Waals surface area contributed by atoms with Crippen molar-refractivity contribution >= 4 is 34.4 Å².